The van der Waals surface area contributed by atoms with E-state index in [1.165, 1.54) is 22.3 Å². The summed E-state index contributed by atoms with van der Waals surface area (Å²) in [4.78, 5) is 13.2. The predicted molar refractivity (Wildman–Crippen MR) is 142 cm³/mol. The zero-order valence-electron chi connectivity index (χ0n) is 22.0. The molecular weight excluding hydrogens is 448 g/mol. The van der Waals surface area contributed by atoms with E-state index in [9.17, 15) is 4.79 Å². The number of hydrogen-bond donors (Lipinski definition) is 0. The molecule has 0 N–H and O–H groups in total. The van der Waals surface area contributed by atoms with E-state index in [0.29, 0.717) is 12.4 Å². The highest BCUT2D eigenvalue weighted by atomic mass is 16.7. The van der Waals surface area contributed by atoms with E-state index in [-0.39, 0.29) is 10.8 Å². The van der Waals surface area contributed by atoms with Crippen LogP contribution in [0.3, 0.4) is 0 Å². The van der Waals surface area contributed by atoms with Gasteiger partial charge in [0, 0.05) is 5.41 Å². The van der Waals surface area contributed by atoms with Crippen molar-refractivity contribution < 1.29 is 19.0 Å². The fourth-order valence-electron chi connectivity index (χ4n) is 6.56. The second-order valence-electron chi connectivity index (χ2n) is 11.4. The average molecular weight is 485 g/mol. The Bertz CT molecular complexity index is 1240. The Morgan fingerprint density at radius 1 is 0.806 bits per heavy atom. The Morgan fingerprint density at radius 2 is 1.36 bits per heavy atom. The molecule has 0 saturated heterocycles. The molecule has 36 heavy (non-hydrogen) atoms. The van der Waals surface area contributed by atoms with Crippen molar-refractivity contribution in [2.24, 2.45) is 0 Å². The van der Waals surface area contributed by atoms with Gasteiger partial charge in [-0.25, -0.2) is 4.79 Å². The fraction of sp³-hybridized carbons (Fsp3) is 0.406. The van der Waals surface area contributed by atoms with Crippen molar-refractivity contribution in [1.29, 1.82) is 0 Å². The first-order chi connectivity index (χ1) is 17.2. The van der Waals surface area contributed by atoms with Gasteiger partial charge in [0.2, 0.25) is 0 Å². The Kier molecular flexibility index (Phi) is 6.10. The van der Waals surface area contributed by atoms with Gasteiger partial charge in [-0.2, -0.15) is 0 Å². The van der Waals surface area contributed by atoms with Crippen molar-refractivity contribution in [3.8, 4) is 11.5 Å². The van der Waals surface area contributed by atoms with Crippen LogP contribution in [0.5, 0.6) is 11.5 Å². The van der Waals surface area contributed by atoms with Gasteiger partial charge in [-0.1, -0.05) is 89.6 Å². The number of carbonyl (C=O) groups is 1. The Labute approximate surface area is 214 Å². The van der Waals surface area contributed by atoms with Gasteiger partial charge in [-0.05, 0) is 64.8 Å². The van der Waals surface area contributed by atoms with Crippen molar-refractivity contribution in [3.63, 3.8) is 0 Å². The van der Waals surface area contributed by atoms with E-state index in [1.807, 2.05) is 12.1 Å². The molecule has 0 aliphatic heterocycles. The van der Waals surface area contributed by atoms with Crippen molar-refractivity contribution in [2.45, 2.75) is 76.2 Å². The van der Waals surface area contributed by atoms with E-state index < -0.39 is 17.7 Å². The molecule has 4 heteroatoms. The summed E-state index contributed by atoms with van der Waals surface area (Å²) >= 11 is 0. The minimum Gasteiger partial charge on any atom is -0.494 e. The van der Waals surface area contributed by atoms with Gasteiger partial charge in [-0.3, -0.25) is 0 Å². The summed E-state index contributed by atoms with van der Waals surface area (Å²) in [5.41, 5.74) is 4.17. The molecular formula is C32H36O4. The summed E-state index contributed by atoms with van der Waals surface area (Å²) in [7, 11) is 0. The molecule has 2 aliphatic rings. The second kappa shape index (κ2) is 8.99. The van der Waals surface area contributed by atoms with Crippen LogP contribution in [0.4, 0.5) is 4.79 Å². The highest BCUT2D eigenvalue weighted by Crippen LogP contribution is 2.63. The summed E-state index contributed by atoms with van der Waals surface area (Å²) in [5.74, 6) is 1.21. The van der Waals surface area contributed by atoms with E-state index >= 15 is 0 Å². The van der Waals surface area contributed by atoms with E-state index in [0.717, 1.165) is 25.0 Å². The number of ether oxygens (including phenoxy) is 3. The molecule has 0 radical (unpaired) electrons. The van der Waals surface area contributed by atoms with Crippen LogP contribution in [0, 0.1) is 0 Å². The molecule has 3 aromatic rings. The number of rotatable bonds is 6. The fourth-order valence-corrected chi connectivity index (χ4v) is 6.56. The normalized spacial score (nSPS) is 22.6. The third-order valence-electron chi connectivity index (χ3n) is 8.07. The highest BCUT2D eigenvalue weighted by Gasteiger charge is 2.64. The van der Waals surface area contributed by atoms with Gasteiger partial charge in [0.15, 0.2) is 0 Å². The van der Waals surface area contributed by atoms with Gasteiger partial charge < -0.3 is 14.2 Å². The zero-order chi connectivity index (χ0) is 25.6. The molecule has 4 nitrogen and oxygen atoms in total. The van der Waals surface area contributed by atoms with Crippen LogP contribution >= 0.6 is 0 Å². The van der Waals surface area contributed by atoms with Crippen molar-refractivity contribution in [3.05, 3.63) is 95.1 Å². The van der Waals surface area contributed by atoms with Gasteiger partial charge in [-0.15, -0.1) is 0 Å². The molecule has 0 bridgehead atoms. The smallest absolute Gasteiger partial charge is 0.494 e. The van der Waals surface area contributed by atoms with Crippen LogP contribution in [-0.4, -0.2) is 18.9 Å². The van der Waals surface area contributed by atoms with Crippen LogP contribution in [-0.2, 0) is 21.0 Å². The zero-order valence-corrected chi connectivity index (χ0v) is 22.0. The predicted octanol–water partition coefficient (Wildman–Crippen LogP) is 7.71. The van der Waals surface area contributed by atoms with Crippen LogP contribution in [0.1, 0.15) is 76.1 Å². The first-order valence-corrected chi connectivity index (χ1v) is 13.0. The van der Waals surface area contributed by atoms with Crippen molar-refractivity contribution in [1.82, 2.24) is 0 Å². The molecule has 0 fully saturated rings. The van der Waals surface area contributed by atoms with Gasteiger partial charge >= 0.3 is 6.16 Å². The molecule has 2 unspecified atom stereocenters. The molecule has 5 rings (SSSR count). The van der Waals surface area contributed by atoms with Gasteiger partial charge in [0.05, 0.1) is 12.0 Å². The number of unbranched alkanes of at least 4 members (excludes halogenated alkanes) is 1. The van der Waals surface area contributed by atoms with Gasteiger partial charge in [0.1, 0.15) is 17.6 Å². The van der Waals surface area contributed by atoms with Crippen LogP contribution in [0.25, 0.3) is 0 Å². The lowest BCUT2D eigenvalue weighted by Gasteiger charge is -2.38. The van der Waals surface area contributed by atoms with Crippen LogP contribution in [0.2, 0.25) is 0 Å². The van der Waals surface area contributed by atoms with E-state index in [4.69, 9.17) is 14.2 Å². The molecule has 0 aromatic heterocycles. The van der Waals surface area contributed by atoms with Crippen molar-refractivity contribution >= 4 is 6.16 Å². The molecule has 1 spiro atoms. The Hall–Kier alpha value is -3.27. The standard InChI is InChI=1S/C32H36O4/c1-6-7-20-34-22-16-18-23(19-17-22)35-29(33)36-28-31(4,5)25-13-9-11-15-27(25)32(28)21-30(2,3)24-12-8-10-14-26(24)32/h8-19,28H,6-7,20-21H2,1-5H3. The lowest BCUT2D eigenvalue weighted by atomic mass is 9.70. The van der Waals surface area contributed by atoms with Crippen LogP contribution in [0.15, 0.2) is 72.8 Å². The molecule has 2 atom stereocenters. The quantitative estimate of drug-likeness (QED) is 0.204. The maximum absolute atomic E-state index is 13.2. The third-order valence-corrected chi connectivity index (χ3v) is 8.07. The Morgan fingerprint density at radius 3 is 2.00 bits per heavy atom. The monoisotopic (exact) mass is 484 g/mol. The lowest BCUT2D eigenvalue weighted by molar-refractivity contribution is -0.000467. The number of fused-ring (bicyclic) bond motifs is 4. The topological polar surface area (TPSA) is 44.8 Å². The van der Waals surface area contributed by atoms with E-state index in [1.54, 1.807) is 12.1 Å². The maximum atomic E-state index is 13.2. The molecule has 188 valence electrons. The summed E-state index contributed by atoms with van der Waals surface area (Å²) in [6.45, 7) is 11.7. The summed E-state index contributed by atoms with van der Waals surface area (Å²) in [5, 5.41) is 0. The third kappa shape index (κ3) is 3.87. The minimum atomic E-state index is -0.679. The van der Waals surface area contributed by atoms with E-state index in [2.05, 4.69) is 83.1 Å². The summed E-state index contributed by atoms with van der Waals surface area (Å²) in [6, 6.07) is 24.3. The van der Waals surface area contributed by atoms with Crippen LogP contribution < -0.4 is 9.47 Å². The molecule has 3 aromatic carbocycles. The summed E-state index contributed by atoms with van der Waals surface area (Å²) < 4.78 is 17.7. The number of hydrogen-bond acceptors (Lipinski definition) is 4. The minimum absolute atomic E-state index is 0.0523. The molecule has 0 heterocycles. The molecule has 0 saturated carbocycles. The molecule has 2 aliphatic carbocycles. The molecule has 0 amide bonds. The van der Waals surface area contributed by atoms with Crippen molar-refractivity contribution in [2.75, 3.05) is 6.61 Å². The largest absolute Gasteiger partial charge is 0.514 e. The average Bonchev–Trinajstić information content (AvgIpc) is 3.21. The summed E-state index contributed by atoms with van der Waals surface area (Å²) in [6.07, 6.45) is 1.86. The lowest BCUT2D eigenvalue weighted by Crippen LogP contribution is -2.47. The first-order valence-electron chi connectivity index (χ1n) is 13.0. The second-order valence-corrected chi connectivity index (χ2v) is 11.4. The van der Waals surface area contributed by atoms with Gasteiger partial charge in [0.25, 0.3) is 0 Å². The SMILES string of the molecule is CCCCOc1ccc(OC(=O)OC2C(C)(C)c3ccccc3C23CC(C)(C)c2ccccc23)cc1. The maximum Gasteiger partial charge on any atom is 0.514 e. The number of carbonyl (C=O) groups excluding carboxylic acids is 1. The first kappa shape index (κ1) is 24.4. The highest BCUT2D eigenvalue weighted by molar-refractivity contribution is 5.68. The Balaban J connectivity index is 1.46. The number of benzene rings is 3.